The van der Waals surface area contributed by atoms with Crippen LogP contribution in [0.4, 0.5) is 11.4 Å². The lowest BCUT2D eigenvalue weighted by Crippen LogP contribution is -2.10. The third-order valence-electron chi connectivity index (χ3n) is 5.24. The van der Waals surface area contributed by atoms with Crippen LogP contribution in [0.1, 0.15) is 63.0 Å². The first kappa shape index (κ1) is 21.3. The molecule has 27 heavy (non-hydrogen) atoms. The van der Waals surface area contributed by atoms with Crippen molar-refractivity contribution in [3.05, 3.63) is 65.6 Å². The summed E-state index contributed by atoms with van der Waals surface area (Å²) in [4.78, 5) is 4.31. The maximum Gasteiger partial charge on any atom is 0.0361 e. The second-order valence-corrected chi connectivity index (χ2v) is 7.88. The minimum Gasteiger partial charge on any atom is -0.378 e. The molecule has 0 saturated carbocycles. The van der Waals surface area contributed by atoms with Gasteiger partial charge in [-0.2, -0.15) is 0 Å². The number of anilines is 2. The zero-order valence-corrected chi connectivity index (χ0v) is 18.0. The van der Waals surface area contributed by atoms with Gasteiger partial charge < -0.3 is 9.80 Å². The monoisotopic (exact) mass is 365 g/mol. The molecular formula is C25H37N2. The van der Waals surface area contributed by atoms with Gasteiger partial charge in [-0.05, 0) is 41.8 Å². The number of nitrogens with zero attached hydrogens (tertiary/aromatic N) is 2. The van der Waals surface area contributed by atoms with Gasteiger partial charge in [-0.15, -0.1) is 0 Å². The Morgan fingerprint density at radius 1 is 0.593 bits per heavy atom. The molecule has 0 aliphatic heterocycles. The molecule has 0 aliphatic carbocycles. The van der Waals surface area contributed by atoms with Crippen LogP contribution in [-0.2, 0) is 0 Å². The lowest BCUT2D eigenvalue weighted by atomic mass is 9.86. The predicted molar refractivity (Wildman–Crippen MR) is 121 cm³/mol. The van der Waals surface area contributed by atoms with Crippen molar-refractivity contribution in [2.45, 2.75) is 51.9 Å². The van der Waals surface area contributed by atoms with Crippen molar-refractivity contribution in [2.75, 3.05) is 38.0 Å². The van der Waals surface area contributed by atoms with Crippen molar-refractivity contribution < 1.29 is 0 Å². The van der Waals surface area contributed by atoms with Crippen molar-refractivity contribution in [1.82, 2.24) is 0 Å². The van der Waals surface area contributed by atoms with Gasteiger partial charge in [0, 0.05) is 45.5 Å². The smallest absolute Gasteiger partial charge is 0.0361 e. The van der Waals surface area contributed by atoms with Crippen molar-refractivity contribution >= 4 is 11.4 Å². The number of benzene rings is 2. The quantitative estimate of drug-likeness (QED) is 0.417. The number of hydrogen-bond acceptors (Lipinski definition) is 2. The van der Waals surface area contributed by atoms with Gasteiger partial charge in [0.2, 0.25) is 0 Å². The highest BCUT2D eigenvalue weighted by Crippen LogP contribution is 2.31. The second-order valence-electron chi connectivity index (χ2n) is 7.88. The summed E-state index contributed by atoms with van der Waals surface area (Å²) in [5, 5.41) is 0. The van der Waals surface area contributed by atoms with E-state index in [0.29, 0.717) is 0 Å². The fraction of sp³-hybridized carbons (Fsp3) is 0.480. The predicted octanol–water partition coefficient (Wildman–Crippen LogP) is 6.54. The zero-order chi connectivity index (χ0) is 19.6. The van der Waals surface area contributed by atoms with Gasteiger partial charge in [0.1, 0.15) is 0 Å². The van der Waals surface area contributed by atoms with Crippen LogP contribution in [0.5, 0.6) is 0 Å². The molecule has 0 spiro atoms. The van der Waals surface area contributed by atoms with Crippen LogP contribution in [0.15, 0.2) is 48.5 Å². The third kappa shape index (κ3) is 6.61. The first-order valence-electron chi connectivity index (χ1n) is 10.4. The van der Waals surface area contributed by atoms with E-state index in [-0.39, 0.29) is 0 Å². The molecule has 147 valence electrons. The van der Waals surface area contributed by atoms with Crippen LogP contribution in [-0.4, -0.2) is 28.2 Å². The standard InChI is InChI=1S/C25H37N2/c1-6-7-8-9-10-11-12-25(21-13-17-23(18-14-21)26(2)3)22-15-19-24(20-16-22)27(4)5/h13-20H,6-12H2,1-5H3. The molecule has 0 fully saturated rings. The highest BCUT2D eigenvalue weighted by Gasteiger charge is 2.15. The highest BCUT2D eigenvalue weighted by molar-refractivity contribution is 5.55. The first-order chi connectivity index (χ1) is 13.0. The molecular weight excluding hydrogens is 328 g/mol. The zero-order valence-electron chi connectivity index (χ0n) is 18.0. The van der Waals surface area contributed by atoms with E-state index in [1.807, 2.05) is 0 Å². The fourth-order valence-electron chi connectivity index (χ4n) is 3.46. The van der Waals surface area contributed by atoms with Crippen molar-refractivity contribution in [2.24, 2.45) is 0 Å². The number of unbranched alkanes of at least 4 members (excludes halogenated alkanes) is 5. The molecule has 1 radical (unpaired) electrons. The molecule has 0 bridgehead atoms. The molecule has 0 heterocycles. The summed E-state index contributed by atoms with van der Waals surface area (Å²) in [7, 11) is 8.37. The maximum absolute atomic E-state index is 2.28. The van der Waals surface area contributed by atoms with E-state index < -0.39 is 0 Å². The maximum atomic E-state index is 2.28. The van der Waals surface area contributed by atoms with Gasteiger partial charge in [-0.3, -0.25) is 0 Å². The van der Waals surface area contributed by atoms with Gasteiger partial charge in [0.05, 0.1) is 0 Å². The van der Waals surface area contributed by atoms with E-state index in [1.54, 1.807) is 0 Å². The van der Waals surface area contributed by atoms with E-state index in [2.05, 4.69) is 93.4 Å². The van der Waals surface area contributed by atoms with Gasteiger partial charge in [-0.1, -0.05) is 69.7 Å². The molecule has 2 aromatic rings. The SMILES string of the molecule is CCCCCCCC[C](c1ccc(N(C)C)cc1)c1ccc(N(C)C)cc1. The van der Waals surface area contributed by atoms with Gasteiger partial charge in [-0.25, -0.2) is 0 Å². The Kier molecular flexibility index (Phi) is 8.71. The largest absolute Gasteiger partial charge is 0.378 e. The van der Waals surface area contributed by atoms with Crippen LogP contribution in [0, 0.1) is 5.92 Å². The normalized spacial score (nSPS) is 11.0. The second kappa shape index (κ2) is 11.0. The molecule has 0 aliphatic rings. The van der Waals surface area contributed by atoms with Crippen molar-refractivity contribution in [3.63, 3.8) is 0 Å². The number of rotatable bonds is 11. The van der Waals surface area contributed by atoms with Crippen molar-refractivity contribution in [3.8, 4) is 0 Å². The van der Waals surface area contributed by atoms with E-state index in [0.717, 1.165) is 6.42 Å². The molecule has 2 rings (SSSR count). The Morgan fingerprint density at radius 3 is 1.41 bits per heavy atom. The Bertz CT molecular complexity index is 590. The summed E-state index contributed by atoms with van der Waals surface area (Å²) >= 11 is 0. The molecule has 0 N–H and O–H groups in total. The Hall–Kier alpha value is -1.96. The molecule has 0 saturated heterocycles. The summed E-state index contributed by atoms with van der Waals surface area (Å²) in [6.45, 7) is 2.28. The Morgan fingerprint density at radius 2 is 1.00 bits per heavy atom. The summed E-state index contributed by atoms with van der Waals surface area (Å²) in [5.74, 6) is 1.47. The summed E-state index contributed by atoms with van der Waals surface area (Å²) in [6, 6.07) is 18.0. The molecule has 0 aromatic heterocycles. The van der Waals surface area contributed by atoms with E-state index in [4.69, 9.17) is 0 Å². The van der Waals surface area contributed by atoms with Crippen LogP contribution in [0.3, 0.4) is 0 Å². The minimum absolute atomic E-state index is 1.15. The fourth-order valence-corrected chi connectivity index (χ4v) is 3.46. The average Bonchev–Trinajstić information content (AvgIpc) is 2.68. The minimum atomic E-state index is 1.15. The molecule has 0 unspecified atom stereocenters. The van der Waals surface area contributed by atoms with E-state index in [1.165, 1.54) is 66.9 Å². The summed E-state index contributed by atoms with van der Waals surface area (Å²) in [6.07, 6.45) is 9.16. The van der Waals surface area contributed by atoms with Crippen molar-refractivity contribution in [1.29, 1.82) is 0 Å². The molecule has 2 nitrogen and oxygen atoms in total. The summed E-state index contributed by atoms with van der Waals surface area (Å²) < 4.78 is 0. The molecule has 0 atom stereocenters. The Balaban J connectivity index is 2.12. The Labute approximate surface area is 167 Å². The molecule has 2 heteroatoms. The van der Waals surface area contributed by atoms with Crippen LogP contribution >= 0.6 is 0 Å². The van der Waals surface area contributed by atoms with Gasteiger partial charge >= 0.3 is 0 Å². The first-order valence-corrected chi connectivity index (χ1v) is 10.4. The molecule has 0 amide bonds. The topological polar surface area (TPSA) is 6.48 Å². The number of hydrogen-bond donors (Lipinski definition) is 0. The lowest BCUT2D eigenvalue weighted by Gasteiger charge is -2.20. The summed E-state index contributed by atoms with van der Waals surface area (Å²) in [5.41, 5.74) is 5.21. The van der Waals surface area contributed by atoms with Crippen LogP contribution in [0.2, 0.25) is 0 Å². The average molecular weight is 366 g/mol. The van der Waals surface area contributed by atoms with E-state index >= 15 is 0 Å². The molecule has 2 aromatic carbocycles. The lowest BCUT2D eigenvalue weighted by molar-refractivity contribution is 0.600. The van der Waals surface area contributed by atoms with Gasteiger partial charge in [0.25, 0.3) is 0 Å². The highest BCUT2D eigenvalue weighted by atomic mass is 15.1. The van der Waals surface area contributed by atoms with Crippen LogP contribution in [0.25, 0.3) is 0 Å². The van der Waals surface area contributed by atoms with Gasteiger partial charge in [0.15, 0.2) is 0 Å². The van der Waals surface area contributed by atoms with E-state index in [9.17, 15) is 0 Å². The third-order valence-corrected chi connectivity index (χ3v) is 5.24. The van der Waals surface area contributed by atoms with Crippen LogP contribution < -0.4 is 9.80 Å².